The van der Waals surface area contributed by atoms with Crippen LogP contribution in [0.2, 0.25) is 0 Å². The Morgan fingerprint density at radius 2 is 0.850 bits per heavy atom. The molecule has 0 aliphatic rings. The summed E-state index contributed by atoms with van der Waals surface area (Å²) in [4.78, 5) is 0. The first-order valence-electron chi connectivity index (χ1n) is 7.57. The Morgan fingerprint density at radius 3 is 1.15 bits per heavy atom. The minimum absolute atomic E-state index is 1.28. The van der Waals surface area contributed by atoms with Crippen molar-refractivity contribution in [2.75, 3.05) is 0 Å². The number of hydrogen-bond donors (Lipinski definition) is 0. The Balaban J connectivity index is 0.000000829. The van der Waals surface area contributed by atoms with Crippen LogP contribution in [0, 0.1) is 13.8 Å². The van der Waals surface area contributed by atoms with Crippen molar-refractivity contribution in [3.05, 3.63) is 70.8 Å². The Bertz CT molecular complexity index is 459. The molecular weight excluding hydrogens is 240 g/mol. The first kappa shape index (κ1) is 18.2. The van der Waals surface area contributed by atoms with Gasteiger partial charge in [-0.1, -0.05) is 88.4 Å². The molecule has 0 aliphatic heterocycles. The van der Waals surface area contributed by atoms with Crippen LogP contribution in [0.4, 0.5) is 0 Å². The molecule has 2 rings (SSSR count). The van der Waals surface area contributed by atoms with E-state index in [0.29, 0.717) is 0 Å². The molecule has 0 amide bonds. The van der Waals surface area contributed by atoms with Crippen molar-refractivity contribution in [1.29, 1.82) is 0 Å². The van der Waals surface area contributed by atoms with Crippen LogP contribution in [0.25, 0.3) is 12.2 Å². The minimum atomic E-state index is 1.28. The van der Waals surface area contributed by atoms with Crippen molar-refractivity contribution in [2.24, 2.45) is 0 Å². The van der Waals surface area contributed by atoms with Crippen LogP contribution < -0.4 is 0 Å². The van der Waals surface area contributed by atoms with Gasteiger partial charge in [0.1, 0.15) is 0 Å². The summed E-state index contributed by atoms with van der Waals surface area (Å²) >= 11 is 0. The molecule has 0 radical (unpaired) electrons. The molecule has 2 aromatic rings. The zero-order valence-corrected chi connectivity index (χ0v) is 13.8. The number of aryl methyl sites for hydroxylation is 2. The van der Waals surface area contributed by atoms with E-state index in [9.17, 15) is 0 Å². The van der Waals surface area contributed by atoms with Gasteiger partial charge in [-0.25, -0.2) is 0 Å². The van der Waals surface area contributed by atoms with Crippen LogP contribution in [-0.4, -0.2) is 0 Å². The highest BCUT2D eigenvalue weighted by molar-refractivity contribution is 5.72. The van der Waals surface area contributed by atoms with E-state index in [1.54, 1.807) is 0 Å². The Labute approximate surface area is 125 Å². The van der Waals surface area contributed by atoms with Crippen LogP contribution in [0.3, 0.4) is 0 Å². The molecule has 0 heterocycles. The molecule has 108 valence electrons. The summed E-state index contributed by atoms with van der Waals surface area (Å²) in [5.74, 6) is 0. The van der Waals surface area contributed by atoms with Gasteiger partial charge < -0.3 is 0 Å². The molecule has 2 aromatic carbocycles. The van der Waals surface area contributed by atoms with Gasteiger partial charge in [-0.3, -0.25) is 0 Å². The fourth-order valence-corrected chi connectivity index (χ4v) is 1.73. The molecule has 0 fully saturated rings. The van der Waals surface area contributed by atoms with Crippen LogP contribution in [0.1, 0.15) is 49.9 Å². The predicted molar refractivity (Wildman–Crippen MR) is 94.0 cm³/mol. The third-order valence-electron chi connectivity index (χ3n) is 2.82. The average Bonchev–Trinajstić information content (AvgIpc) is 2.52. The molecule has 0 saturated heterocycles. The third-order valence-corrected chi connectivity index (χ3v) is 2.82. The maximum atomic E-state index is 2.18. The van der Waals surface area contributed by atoms with E-state index in [4.69, 9.17) is 0 Å². The minimum Gasteiger partial charge on any atom is -0.0683 e. The highest BCUT2D eigenvalue weighted by Gasteiger charge is 1.93. The second kappa shape index (κ2) is 11.0. The van der Waals surface area contributed by atoms with Crippen molar-refractivity contribution in [1.82, 2.24) is 0 Å². The van der Waals surface area contributed by atoms with Gasteiger partial charge in [0.15, 0.2) is 0 Å². The molecule has 20 heavy (non-hydrogen) atoms. The number of rotatable bonds is 2. The summed E-state index contributed by atoms with van der Waals surface area (Å²) in [5.41, 5.74) is 5.19. The van der Waals surface area contributed by atoms with Crippen LogP contribution >= 0.6 is 0 Å². The molecule has 0 spiro atoms. The maximum absolute atomic E-state index is 2.18. The lowest BCUT2D eigenvalue weighted by Crippen LogP contribution is -1.80. The van der Waals surface area contributed by atoms with Gasteiger partial charge in [-0.2, -0.15) is 0 Å². The van der Waals surface area contributed by atoms with Gasteiger partial charge in [0.05, 0.1) is 0 Å². The normalized spacial score (nSPS) is 9.30. The first-order valence-corrected chi connectivity index (χ1v) is 7.57. The second-order valence-electron chi connectivity index (χ2n) is 4.05. The molecule has 0 heteroatoms. The summed E-state index contributed by atoms with van der Waals surface area (Å²) in [6.45, 7) is 12.3. The molecule has 0 atom stereocenters. The lowest BCUT2D eigenvalue weighted by molar-refractivity contribution is 1.43. The SMILES string of the molecule is CC.CC.Cc1ccccc1/C=C/c1ccccc1C. The van der Waals surface area contributed by atoms with E-state index in [1.165, 1.54) is 22.3 Å². The molecule has 0 aromatic heterocycles. The quantitative estimate of drug-likeness (QED) is 0.543. The van der Waals surface area contributed by atoms with Crippen molar-refractivity contribution in [2.45, 2.75) is 41.5 Å². The third kappa shape index (κ3) is 5.88. The van der Waals surface area contributed by atoms with Crippen LogP contribution in [0.5, 0.6) is 0 Å². The smallest absolute Gasteiger partial charge is 0.0227 e. The van der Waals surface area contributed by atoms with Gasteiger partial charge in [0, 0.05) is 0 Å². The van der Waals surface area contributed by atoms with Crippen molar-refractivity contribution in [3.63, 3.8) is 0 Å². The highest BCUT2D eigenvalue weighted by atomic mass is 14.0. The predicted octanol–water partition coefficient (Wildman–Crippen LogP) is 6.53. The van der Waals surface area contributed by atoms with Gasteiger partial charge in [0.2, 0.25) is 0 Å². The van der Waals surface area contributed by atoms with Crippen molar-refractivity contribution in [3.8, 4) is 0 Å². The van der Waals surface area contributed by atoms with Gasteiger partial charge in [-0.05, 0) is 36.1 Å². The lowest BCUT2D eigenvalue weighted by Gasteiger charge is -2.01. The summed E-state index contributed by atoms with van der Waals surface area (Å²) in [7, 11) is 0. The molecule has 0 bridgehead atoms. The Kier molecular flexibility index (Phi) is 10.0. The fourth-order valence-electron chi connectivity index (χ4n) is 1.73. The standard InChI is InChI=1S/C16H16.2C2H6/c1-13-7-3-5-9-15(13)11-12-16-10-6-4-8-14(16)2;2*1-2/h3-12H,1-2H3;2*1-2H3/b12-11+;;. The Morgan fingerprint density at radius 1 is 0.550 bits per heavy atom. The van der Waals surface area contributed by atoms with Gasteiger partial charge >= 0.3 is 0 Å². The largest absolute Gasteiger partial charge is 0.0683 e. The first-order chi connectivity index (χ1) is 9.77. The number of benzene rings is 2. The summed E-state index contributed by atoms with van der Waals surface area (Å²) in [6, 6.07) is 16.8. The van der Waals surface area contributed by atoms with E-state index in [1.807, 2.05) is 27.7 Å². The zero-order chi connectivity index (χ0) is 15.4. The zero-order valence-electron chi connectivity index (χ0n) is 13.8. The molecular formula is C20H28. The average molecular weight is 268 g/mol. The van der Waals surface area contributed by atoms with Crippen molar-refractivity contribution < 1.29 is 0 Å². The molecule has 0 saturated carbocycles. The molecule has 0 nitrogen and oxygen atoms in total. The monoisotopic (exact) mass is 268 g/mol. The van der Waals surface area contributed by atoms with Gasteiger partial charge in [-0.15, -0.1) is 0 Å². The summed E-state index contributed by atoms with van der Waals surface area (Å²) < 4.78 is 0. The van der Waals surface area contributed by atoms with Crippen molar-refractivity contribution >= 4 is 12.2 Å². The van der Waals surface area contributed by atoms with Crippen LogP contribution in [0.15, 0.2) is 48.5 Å². The number of hydrogen-bond acceptors (Lipinski definition) is 0. The van der Waals surface area contributed by atoms with E-state index in [-0.39, 0.29) is 0 Å². The molecule has 0 unspecified atom stereocenters. The van der Waals surface area contributed by atoms with E-state index >= 15 is 0 Å². The van der Waals surface area contributed by atoms with E-state index in [2.05, 4.69) is 74.5 Å². The van der Waals surface area contributed by atoms with E-state index in [0.717, 1.165) is 0 Å². The topological polar surface area (TPSA) is 0 Å². The van der Waals surface area contributed by atoms with Crippen LogP contribution in [-0.2, 0) is 0 Å². The fraction of sp³-hybridized carbons (Fsp3) is 0.300. The Hall–Kier alpha value is -1.82. The highest BCUT2D eigenvalue weighted by Crippen LogP contribution is 2.14. The summed E-state index contributed by atoms with van der Waals surface area (Å²) in [5, 5.41) is 0. The van der Waals surface area contributed by atoms with Gasteiger partial charge in [0.25, 0.3) is 0 Å². The summed E-state index contributed by atoms with van der Waals surface area (Å²) in [6.07, 6.45) is 4.36. The second-order valence-corrected chi connectivity index (χ2v) is 4.05. The lowest BCUT2D eigenvalue weighted by atomic mass is 10.0. The molecule has 0 aliphatic carbocycles. The maximum Gasteiger partial charge on any atom is -0.0227 e. The molecule has 0 N–H and O–H groups in total. The van der Waals surface area contributed by atoms with E-state index < -0.39 is 0 Å².